The number of aromatic nitrogens is 2. The second-order valence-electron chi connectivity index (χ2n) is 6.92. The lowest BCUT2D eigenvalue weighted by atomic mass is 9.87. The van der Waals surface area contributed by atoms with E-state index in [4.69, 9.17) is 11.6 Å². The van der Waals surface area contributed by atoms with Crippen molar-refractivity contribution in [1.29, 1.82) is 0 Å². The molecule has 3 rings (SSSR count). The first kappa shape index (κ1) is 17.9. The topological polar surface area (TPSA) is 34.4 Å². The molecule has 3 nitrogen and oxygen atoms in total. The zero-order chi connectivity index (χ0) is 18.2. The Bertz CT molecular complexity index is 1010. The van der Waals surface area contributed by atoms with Gasteiger partial charge in [-0.15, -0.1) is 0 Å². The molecule has 2 aromatic heterocycles. The van der Waals surface area contributed by atoms with E-state index in [1.807, 2.05) is 24.3 Å². The highest BCUT2D eigenvalue weighted by Gasteiger charge is 2.13. The fourth-order valence-corrected chi connectivity index (χ4v) is 3.06. The Morgan fingerprint density at radius 2 is 1.84 bits per heavy atom. The maximum atomic E-state index is 12.3. The minimum atomic E-state index is -0.170. The third kappa shape index (κ3) is 4.02. The number of hydrogen-bond donors (Lipinski definition) is 0. The highest BCUT2D eigenvalue weighted by atomic mass is 79.9. The summed E-state index contributed by atoms with van der Waals surface area (Å²) >= 11 is 9.77. The molecule has 0 fully saturated rings. The van der Waals surface area contributed by atoms with Crippen molar-refractivity contribution in [2.45, 2.75) is 26.2 Å². The Hall–Kier alpha value is -1.91. The number of halogens is 2. The summed E-state index contributed by atoms with van der Waals surface area (Å²) in [5, 5.41) is 0.436. The third-order valence-electron chi connectivity index (χ3n) is 3.94. The average Bonchev–Trinajstić information content (AvgIpc) is 2.55. The van der Waals surface area contributed by atoms with Crippen LogP contribution in [0.2, 0.25) is 0 Å². The van der Waals surface area contributed by atoms with Gasteiger partial charge in [0.15, 0.2) is 0 Å². The molecule has 0 saturated carbocycles. The first-order valence-corrected chi connectivity index (χ1v) is 9.08. The summed E-state index contributed by atoms with van der Waals surface area (Å²) in [7, 11) is 0. The van der Waals surface area contributed by atoms with Gasteiger partial charge in [-0.3, -0.25) is 9.20 Å². The summed E-state index contributed by atoms with van der Waals surface area (Å²) in [6.07, 6.45) is 3.52. The van der Waals surface area contributed by atoms with Gasteiger partial charge in [-0.25, -0.2) is 4.98 Å². The molecular weight excluding hydrogens is 400 g/mol. The normalized spacial score (nSPS) is 12.6. The molecule has 3 aromatic rings. The van der Waals surface area contributed by atoms with Crippen LogP contribution in [0.3, 0.4) is 0 Å². The Morgan fingerprint density at radius 3 is 2.48 bits per heavy atom. The minimum absolute atomic E-state index is 0.106. The highest BCUT2D eigenvalue weighted by molar-refractivity contribution is 9.10. The predicted molar refractivity (Wildman–Crippen MR) is 108 cm³/mol. The standard InChI is InChI=1S/C20H18BrClN2O/c1-20(2,3)14-6-4-13(5-7-14)10-16(22)17-11-19(25)24-12-15(21)8-9-18(24)23-17/h4-12H,1-3H3/b16-10-. The number of rotatable bonds is 2. The van der Waals surface area contributed by atoms with Crippen molar-refractivity contribution in [3.05, 3.63) is 80.3 Å². The summed E-state index contributed by atoms with van der Waals surface area (Å²) in [6, 6.07) is 13.3. The summed E-state index contributed by atoms with van der Waals surface area (Å²) < 4.78 is 2.30. The van der Waals surface area contributed by atoms with E-state index < -0.39 is 0 Å². The molecule has 5 heteroatoms. The van der Waals surface area contributed by atoms with Gasteiger partial charge in [-0.1, -0.05) is 56.6 Å². The molecule has 0 unspecified atom stereocenters. The van der Waals surface area contributed by atoms with Crippen LogP contribution >= 0.6 is 27.5 Å². The van der Waals surface area contributed by atoms with Crippen molar-refractivity contribution in [2.75, 3.05) is 0 Å². The summed E-state index contributed by atoms with van der Waals surface area (Å²) in [5.74, 6) is 0. The van der Waals surface area contributed by atoms with Crippen molar-refractivity contribution in [1.82, 2.24) is 9.38 Å². The van der Waals surface area contributed by atoms with Crippen molar-refractivity contribution in [2.24, 2.45) is 0 Å². The van der Waals surface area contributed by atoms with Gasteiger partial charge in [-0.2, -0.15) is 0 Å². The van der Waals surface area contributed by atoms with Crippen LogP contribution in [-0.4, -0.2) is 9.38 Å². The van der Waals surface area contributed by atoms with Crippen LogP contribution in [0.4, 0.5) is 0 Å². The van der Waals surface area contributed by atoms with E-state index in [-0.39, 0.29) is 11.0 Å². The first-order chi connectivity index (χ1) is 11.7. The molecule has 0 aliphatic rings. The molecule has 0 atom stereocenters. The summed E-state index contributed by atoms with van der Waals surface area (Å²) in [4.78, 5) is 16.8. The lowest BCUT2D eigenvalue weighted by Crippen LogP contribution is -2.14. The highest BCUT2D eigenvalue weighted by Crippen LogP contribution is 2.25. The second-order valence-corrected chi connectivity index (χ2v) is 8.24. The van der Waals surface area contributed by atoms with Gasteiger partial charge in [0.05, 0.1) is 10.7 Å². The van der Waals surface area contributed by atoms with E-state index >= 15 is 0 Å². The molecule has 25 heavy (non-hydrogen) atoms. The Labute approximate surface area is 160 Å². The Kier molecular flexibility index (Phi) is 4.85. The maximum absolute atomic E-state index is 12.3. The van der Waals surface area contributed by atoms with Crippen LogP contribution in [-0.2, 0) is 5.41 Å². The van der Waals surface area contributed by atoms with Gasteiger partial charge in [0.25, 0.3) is 5.56 Å². The lowest BCUT2D eigenvalue weighted by Gasteiger charge is -2.18. The average molecular weight is 418 g/mol. The van der Waals surface area contributed by atoms with Gasteiger partial charge >= 0.3 is 0 Å². The number of pyridine rings is 1. The molecule has 128 valence electrons. The maximum Gasteiger partial charge on any atom is 0.258 e. The van der Waals surface area contributed by atoms with E-state index in [2.05, 4.69) is 53.8 Å². The SMILES string of the molecule is CC(C)(C)c1ccc(/C=C(\Cl)c2cc(=O)n3cc(Br)ccc3n2)cc1. The number of nitrogens with zero attached hydrogens (tertiary/aromatic N) is 2. The van der Waals surface area contributed by atoms with Crippen molar-refractivity contribution in [3.63, 3.8) is 0 Å². The van der Waals surface area contributed by atoms with Crippen LogP contribution in [0.1, 0.15) is 37.6 Å². The third-order valence-corrected chi connectivity index (χ3v) is 4.71. The molecule has 0 spiro atoms. The first-order valence-electron chi connectivity index (χ1n) is 7.91. The van der Waals surface area contributed by atoms with Crippen LogP contribution < -0.4 is 5.56 Å². The van der Waals surface area contributed by atoms with Crippen LogP contribution in [0.5, 0.6) is 0 Å². The van der Waals surface area contributed by atoms with E-state index in [0.29, 0.717) is 16.4 Å². The number of hydrogen-bond acceptors (Lipinski definition) is 2. The molecule has 0 aliphatic heterocycles. The van der Waals surface area contributed by atoms with Crippen LogP contribution in [0, 0.1) is 0 Å². The summed E-state index contributed by atoms with van der Waals surface area (Å²) in [6.45, 7) is 6.53. The second kappa shape index (κ2) is 6.77. The van der Waals surface area contributed by atoms with Crippen molar-refractivity contribution >= 4 is 44.3 Å². The minimum Gasteiger partial charge on any atom is -0.269 e. The molecule has 0 amide bonds. The predicted octanol–water partition coefficient (Wildman–Crippen LogP) is 5.49. The molecule has 0 aliphatic carbocycles. The zero-order valence-corrected chi connectivity index (χ0v) is 16.6. The largest absolute Gasteiger partial charge is 0.269 e. The molecule has 1 aromatic carbocycles. The van der Waals surface area contributed by atoms with Crippen LogP contribution in [0.25, 0.3) is 16.8 Å². The fraction of sp³-hybridized carbons (Fsp3) is 0.200. The Balaban J connectivity index is 1.98. The number of benzene rings is 1. The van der Waals surface area contributed by atoms with Crippen molar-refractivity contribution in [3.8, 4) is 0 Å². The van der Waals surface area contributed by atoms with Crippen molar-refractivity contribution < 1.29 is 0 Å². The fourth-order valence-electron chi connectivity index (χ4n) is 2.50. The summed E-state index contributed by atoms with van der Waals surface area (Å²) in [5.41, 5.74) is 3.18. The van der Waals surface area contributed by atoms with Gasteiger partial charge in [0, 0.05) is 16.7 Å². The van der Waals surface area contributed by atoms with E-state index in [9.17, 15) is 4.79 Å². The zero-order valence-electron chi connectivity index (χ0n) is 14.3. The quantitative estimate of drug-likeness (QED) is 0.552. The van der Waals surface area contributed by atoms with Crippen LogP contribution in [0.15, 0.2) is 57.9 Å². The smallest absolute Gasteiger partial charge is 0.258 e. The van der Waals surface area contributed by atoms with Gasteiger partial charge in [-0.05, 0) is 50.7 Å². The Morgan fingerprint density at radius 1 is 1.16 bits per heavy atom. The monoisotopic (exact) mass is 416 g/mol. The van der Waals surface area contributed by atoms with Gasteiger partial charge < -0.3 is 0 Å². The number of fused-ring (bicyclic) bond motifs is 1. The molecule has 0 N–H and O–H groups in total. The molecule has 0 bridgehead atoms. The molecular formula is C20H18BrClN2O. The lowest BCUT2D eigenvalue weighted by molar-refractivity contribution is 0.590. The van der Waals surface area contributed by atoms with E-state index in [1.165, 1.54) is 16.0 Å². The molecule has 0 saturated heterocycles. The molecule has 2 heterocycles. The molecule has 0 radical (unpaired) electrons. The van der Waals surface area contributed by atoms with E-state index in [0.717, 1.165) is 10.0 Å². The van der Waals surface area contributed by atoms with Gasteiger partial charge in [0.1, 0.15) is 5.65 Å². The van der Waals surface area contributed by atoms with Gasteiger partial charge in [0.2, 0.25) is 0 Å². The van der Waals surface area contributed by atoms with E-state index in [1.54, 1.807) is 12.3 Å².